The molecule has 1 aliphatic heterocycles. The number of aryl methyl sites for hydroxylation is 2. The van der Waals surface area contributed by atoms with Crippen LogP contribution in [-0.4, -0.2) is 41.4 Å². The highest BCUT2D eigenvalue weighted by Gasteiger charge is 2.36. The molecule has 0 spiro atoms. The third-order valence-electron chi connectivity index (χ3n) is 5.52. The van der Waals surface area contributed by atoms with Crippen LogP contribution in [-0.2, 0) is 4.79 Å². The van der Waals surface area contributed by atoms with Crippen molar-refractivity contribution < 1.29 is 14.3 Å². The number of carbonyl (C=O) groups is 1. The molecular formula is C22H31N3O3. The van der Waals surface area contributed by atoms with E-state index in [0.29, 0.717) is 0 Å². The number of likely N-dealkylation sites (tertiary alicyclic amines) is 1. The number of hydrogen-bond donors (Lipinski definition) is 0. The van der Waals surface area contributed by atoms with Crippen molar-refractivity contribution >= 4 is 5.91 Å². The maximum Gasteiger partial charge on any atom is 0.247 e. The molecule has 1 fully saturated rings. The lowest BCUT2D eigenvalue weighted by Crippen LogP contribution is -2.37. The summed E-state index contributed by atoms with van der Waals surface area (Å²) in [4.78, 5) is 15.6. The minimum Gasteiger partial charge on any atom is -0.497 e. The van der Waals surface area contributed by atoms with Crippen LogP contribution in [0.5, 0.6) is 11.5 Å². The summed E-state index contributed by atoms with van der Waals surface area (Å²) in [5.74, 6) is 1.67. The fourth-order valence-corrected chi connectivity index (χ4v) is 4.22. The van der Waals surface area contributed by atoms with Gasteiger partial charge in [-0.05, 0) is 51.3 Å². The number of nitrogens with zero attached hydrogens (tertiary/aromatic N) is 3. The fourth-order valence-electron chi connectivity index (χ4n) is 4.22. The Labute approximate surface area is 167 Å². The minimum atomic E-state index is -0.261. The number of methoxy groups -OCH3 is 2. The van der Waals surface area contributed by atoms with Gasteiger partial charge in [-0.2, -0.15) is 5.10 Å². The summed E-state index contributed by atoms with van der Waals surface area (Å²) in [7, 11) is 3.30. The Kier molecular flexibility index (Phi) is 6.27. The van der Waals surface area contributed by atoms with E-state index in [4.69, 9.17) is 9.47 Å². The molecule has 28 heavy (non-hydrogen) atoms. The predicted octanol–water partition coefficient (Wildman–Crippen LogP) is 4.22. The second-order valence-corrected chi connectivity index (χ2v) is 7.47. The molecule has 3 rings (SSSR count). The second kappa shape index (κ2) is 8.67. The monoisotopic (exact) mass is 385 g/mol. The first kappa shape index (κ1) is 20.2. The Morgan fingerprint density at radius 3 is 2.64 bits per heavy atom. The first-order valence-corrected chi connectivity index (χ1v) is 10.0. The molecule has 0 aliphatic carbocycles. The van der Waals surface area contributed by atoms with Crippen molar-refractivity contribution in [1.29, 1.82) is 0 Å². The first-order valence-electron chi connectivity index (χ1n) is 10.0. The summed E-state index contributed by atoms with van der Waals surface area (Å²) in [6, 6.07) is 7.63. The number of amides is 1. The molecule has 0 N–H and O–H groups in total. The summed E-state index contributed by atoms with van der Waals surface area (Å²) in [6.07, 6.45) is 3.63. The molecule has 1 amide bonds. The molecule has 1 aliphatic rings. The average Bonchev–Trinajstić information content (AvgIpc) is 3.31. The molecule has 0 saturated carbocycles. The zero-order valence-corrected chi connectivity index (χ0v) is 17.6. The van der Waals surface area contributed by atoms with E-state index in [2.05, 4.69) is 12.0 Å². The number of carbonyl (C=O) groups excluding carboxylic acids is 1. The van der Waals surface area contributed by atoms with Crippen molar-refractivity contribution in [1.82, 2.24) is 14.7 Å². The van der Waals surface area contributed by atoms with Gasteiger partial charge in [0, 0.05) is 23.9 Å². The smallest absolute Gasteiger partial charge is 0.247 e. The number of aromatic nitrogens is 2. The standard InChI is InChI=1S/C22H31N3O3/c1-6-8-20(25-16(3)13-15(2)23-25)22(26)24-12-7-9-19(24)18-11-10-17(27-4)14-21(18)28-5/h10-11,13-14,19-20H,6-9,12H2,1-5H3/t19-,20+/m1/s1. The van der Waals surface area contributed by atoms with Crippen molar-refractivity contribution in [2.24, 2.45) is 0 Å². The van der Waals surface area contributed by atoms with Gasteiger partial charge in [-0.3, -0.25) is 9.48 Å². The molecule has 1 saturated heterocycles. The lowest BCUT2D eigenvalue weighted by atomic mass is 10.0. The topological polar surface area (TPSA) is 56.6 Å². The fraction of sp³-hybridized carbons (Fsp3) is 0.545. The van der Waals surface area contributed by atoms with Gasteiger partial charge in [0.2, 0.25) is 5.91 Å². The SMILES string of the molecule is CCC[C@@H](C(=O)N1CCC[C@@H]1c1ccc(OC)cc1OC)n1nc(C)cc1C. The van der Waals surface area contributed by atoms with E-state index in [1.807, 2.05) is 47.7 Å². The Morgan fingerprint density at radius 1 is 1.25 bits per heavy atom. The quantitative estimate of drug-likeness (QED) is 0.716. The van der Waals surface area contributed by atoms with Gasteiger partial charge in [-0.1, -0.05) is 13.3 Å². The number of benzene rings is 1. The molecule has 6 nitrogen and oxygen atoms in total. The molecule has 2 aromatic rings. The second-order valence-electron chi connectivity index (χ2n) is 7.47. The van der Waals surface area contributed by atoms with Gasteiger partial charge >= 0.3 is 0 Å². The van der Waals surface area contributed by atoms with Crippen LogP contribution in [0, 0.1) is 13.8 Å². The Morgan fingerprint density at radius 2 is 2.04 bits per heavy atom. The Hall–Kier alpha value is -2.50. The normalized spacial score (nSPS) is 17.6. The van der Waals surface area contributed by atoms with Gasteiger partial charge in [-0.15, -0.1) is 0 Å². The number of hydrogen-bond acceptors (Lipinski definition) is 4. The van der Waals surface area contributed by atoms with Crippen LogP contribution in [0.2, 0.25) is 0 Å². The summed E-state index contributed by atoms with van der Waals surface area (Å²) in [5, 5.41) is 4.60. The van der Waals surface area contributed by atoms with Gasteiger partial charge in [-0.25, -0.2) is 0 Å². The third kappa shape index (κ3) is 3.86. The van der Waals surface area contributed by atoms with Crippen LogP contribution in [0.25, 0.3) is 0 Å². The van der Waals surface area contributed by atoms with E-state index in [9.17, 15) is 4.79 Å². The summed E-state index contributed by atoms with van der Waals surface area (Å²) < 4.78 is 12.8. The van der Waals surface area contributed by atoms with Crippen LogP contribution in [0.4, 0.5) is 0 Å². The Balaban J connectivity index is 1.92. The van der Waals surface area contributed by atoms with Crippen LogP contribution in [0.1, 0.15) is 61.6 Å². The van der Waals surface area contributed by atoms with Gasteiger partial charge < -0.3 is 14.4 Å². The molecule has 1 aromatic heterocycles. The molecule has 0 bridgehead atoms. The van der Waals surface area contributed by atoms with E-state index < -0.39 is 0 Å². The van der Waals surface area contributed by atoms with Crippen molar-refractivity contribution in [2.45, 2.75) is 58.5 Å². The average molecular weight is 386 g/mol. The molecule has 152 valence electrons. The number of ether oxygens (including phenoxy) is 2. The number of rotatable bonds is 7. The lowest BCUT2D eigenvalue weighted by Gasteiger charge is -2.30. The highest BCUT2D eigenvalue weighted by molar-refractivity contribution is 5.81. The lowest BCUT2D eigenvalue weighted by molar-refractivity contribution is -0.136. The minimum absolute atomic E-state index is 0.0182. The summed E-state index contributed by atoms with van der Waals surface area (Å²) >= 11 is 0. The zero-order chi connectivity index (χ0) is 20.3. The van der Waals surface area contributed by atoms with E-state index in [-0.39, 0.29) is 18.0 Å². The molecular weight excluding hydrogens is 354 g/mol. The molecule has 6 heteroatoms. The van der Waals surface area contributed by atoms with Gasteiger partial charge in [0.1, 0.15) is 17.5 Å². The van der Waals surface area contributed by atoms with Crippen molar-refractivity contribution in [3.63, 3.8) is 0 Å². The van der Waals surface area contributed by atoms with E-state index in [1.54, 1.807) is 14.2 Å². The maximum absolute atomic E-state index is 13.6. The van der Waals surface area contributed by atoms with Crippen molar-refractivity contribution in [3.8, 4) is 11.5 Å². The van der Waals surface area contributed by atoms with Crippen LogP contribution in [0.3, 0.4) is 0 Å². The van der Waals surface area contributed by atoms with E-state index in [1.165, 1.54) is 0 Å². The van der Waals surface area contributed by atoms with Crippen LogP contribution in [0.15, 0.2) is 24.3 Å². The van der Waals surface area contributed by atoms with Crippen LogP contribution >= 0.6 is 0 Å². The first-order chi connectivity index (χ1) is 13.5. The highest BCUT2D eigenvalue weighted by atomic mass is 16.5. The van der Waals surface area contributed by atoms with E-state index in [0.717, 1.165) is 60.7 Å². The van der Waals surface area contributed by atoms with E-state index >= 15 is 0 Å². The molecule has 0 unspecified atom stereocenters. The summed E-state index contributed by atoms with van der Waals surface area (Å²) in [5.41, 5.74) is 3.01. The highest BCUT2D eigenvalue weighted by Crippen LogP contribution is 2.40. The van der Waals surface area contributed by atoms with Gasteiger partial charge in [0.05, 0.1) is 26.0 Å². The zero-order valence-electron chi connectivity index (χ0n) is 17.6. The predicted molar refractivity (Wildman–Crippen MR) is 109 cm³/mol. The maximum atomic E-state index is 13.6. The van der Waals surface area contributed by atoms with Crippen LogP contribution < -0.4 is 9.47 Å². The molecule has 1 aromatic carbocycles. The molecule has 0 radical (unpaired) electrons. The molecule has 2 heterocycles. The Bertz CT molecular complexity index is 830. The largest absolute Gasteiger partial charge is 0.497 e. The molecule has 2 atom stereocenters. The van der Waals surface area contributed by atoms with Crippen molar-refractivity contribution in [3.05, 3.63) is 41.2 Å². The van der Waals surface area contributed by atoms with Crippen molar-refractivity contribution in [2.75, 3.05) is 20.8 Å². The van der Waals surface area contributed by atoms with Gasteiger partial charge in [0.15, 0.2) is 0 Å². The van der Waals surface area contributed by atoms with Gasteiger partial charge in [0.25, 0.3) is 0 Å². The summed E-state index contributed by atoms with van der Waals surface area (Å²) in [6.45, 7) is 6.86. The third-order valence-corrected chi connectivity index (χ3v) is 5.52.